The summed E-state index contributed by atoms with van der Waals surface area (Å²) in [6.07, 6.45) is 1.75. The van der Waals surface area contributed by atoms with E-state index in [0.717, 1.165) is 30.9 Å². The monoisotopic (exact) mass is 406 g/mol. The molecule has 5 heteroatoms. The van der Waals surface area contributed by atoms with E-state index in [0.29, 0.717) is 16.5 Å². The highest BCUT2D eigenvalue weighted by Gasteiger charge is 2.34. The van der Waals surface area contributed by atoms with Crippen molar-refractivity contribution < 1.29 is 22.0 Å². The molecule has 0 bridgehead atoms. The van der Waals surface area contributed by atoms with E-state index in [1.807, 2.05) is 6.07 Å². The van der Waals surface area contributed by atoms with Gasteiger partial charge >= 0.3 is 6.18 Å². The molecule has 0 saturated carbocycles. The number of rotatable bonds is 7. The second-order valence-corrected chi connectivity index (χ2v) is 7.34. The third-order valence-corrected chi connectivity index (χ3v) is 5.17. The van der Waals surface area contributed by atoms with E-state index in [1.54, 1.807) is 6.07 Å². The maximum atomic E-state index is 14.6. The molecule has 0 amide bonds. The number of halogens is 5. The zero-order valence-corrected chi connectivity index (χ0v) is 16.3. The van der Waals surface area contributed by atoms with Gasteiger partial charge in [0.1, 0.15) is 11.6 Å². The van der Waals surface area contributed by atoms with Crippen LogP contribution in [0.5, 0.6) is 0 Å². The average molecular weight is 406 g/mol. The van der Waals surface area contributed by atoms with Crippen LogP contribution in [0.2, 0.25) is 0 Å². The van der Waals surface area contributed by atoms with Crippen molar-refractivity contribution in [3.8, 4) is 11.1 Å². The normalized spacial score (nSPS) is 11.9. The summed E-state index contributed by atoms with van der Waals surface area (Å²) >= 11 is 0. The van der Waals surface area contributed by atoms with Crippen LogP contribution in [-0.2, 0) is 12.6 Å². The molecule has 0 saturated heterocycles. The summed E-state index contributed by atoms with van der Waals surface area (Å²) in [6, 6.07) is 11.2. The van der Waals surface area contributed by atoms with Crippen LogP contribution < -0.4 is 0 Å². The summed E-state index contributed by atoms with van der Waals surface area (Å²) < 4.78 is 67.5. The van der Waals surface area contributed by atoms with E-state index in [9.17, 15) is 22.0 Å². The Hall–Kier alpha value is -2.43. The fraction of sp³-hybridized carbons (Fsp3) is 0.333. The van der Waals surface area contributed by atoms with Crippen LogP contribution in [0.4, 0.5) is 22.0 Å². The number of fused-ring (bicyclic) bond motifs is 1. The van der Waals surface area contributed by atoms with E-state index in [-0.39, 0.29) is 11.2 Å². The maximum absolute atomic E-state index is 14.6. The van der Waals surface area contributed by atoms with Crippen molar-refractivity contribution in [2.24, 2.45) is 0 Å². The molecule has 3 aromatic carbocycles. The van der Waals surface area contributed by atoms with Crippen LogP contribution in [0.15, 0.2) is 48.5 Å². The zero-order chi connectivity index (χ0) is 21.0. The van der Waals surface area contributed by atoms with Gasteiger partial charge in [0.2, 0.25) is 0 Å². The SMILES string of the molecule is CCCCCCCc1ccc(-c2ccc3c(F)c(C(F)(F)F)ccc3c2)c(F)c1. The third-order valence-electron chi connectivity index (χ3n) is 5.17. The van der Waals surface area contributed by atoms with Crippen molar-refractivity contribution in [1.82, 2.24) is 0 Å². The molecule has 0 aliphatic heterocycles. The molecule has 0 fully saturated rings. The Morgan fingerprint density at radius 2 is 1.55 bits per heavy atom. The first-order valence-electron chi connectivity index (χ1n) is 9.89. The minimum absolute atomic E-state index is 0.132. The van der Waals surface area contributed by atoms with Gasteiger partial charge in [0.05, 0.1) is 5.56 Å². The fourth-order valence-corrected chi connectivity index (χ4v) is 3.56. The molecule has 29 heavy (non-hydrogen) atoms. The van der Waals surface area contributed by atoms with Gasteiger partial charge in [-0.3, -0.25) is 0 Å². The smallest absolute Gasteiger partial charge is 0.206 e. The van der Waals surface area contributed by atoms with Crippen molar-refractivity contribution in [2.45, 2.75) is 51.6 Å². The van der Waals surface area contributed by atoms with Gasteiger partial charge in [-0.25, -0.2) is 8.78 Å². The molecular weight excluding hydrogens is 383 g/mol. The van der Waals surface area contributed by atoms with Gasteiger partial charge in [-0.2, -0.15) is 13.2 Å². The van der Waals surface area contributed by atoms with Crippen molar-refractivity contribution in [3.05, 3.63) is 71.3 Å². The van der Waals surface area contributed by atoms with Gasteiger partial charge in [-0.15, -0.1) is 0 Å². The Morgan fingerprint density at radius 1 is 0.793 bits per heavy atom. The lowest BCUT2D eigenvalue weighted by Crippen LogP contribution is -2.08. The minimum Gasteiger partial charge on any atom is -0.206 e. The summed E-state index contributed by atoms with van der Waals surface area (Å²) in [6.45, 7) is 2.16. The minimum atomic E-state index is -4.75. The Bertz CT molecular complexity index is 988. The number of hydrogen-bond acceptors (Lipinski definition) is 0. The van der Waals surface area contributed by atoms with E-state index < -0.39 is 17.6 Å². The molecule has 0 N–H and O–H groups in total. The lowest BCUT2D eigenvalue weighted by atomic mass is 9.97. The summed E-state index contributed by atoms with van der Waals surface area (Å²) in [7, 11) is 0. The molecule has 0 heterocycles. The zero-order valence-electron chi connectivity index (χ0n) is 16.3. The third kappa shape index (κ3) is 4.95. The van der Waals surface area contributed by atoms with Crippen molar-refractivity contribution in [2.75, 3.05) is 0 Å². The van der Waals surface area contributed by atoms with Gasteiger partial charge in [-0.05, 0) is 47.6 Å². The van der Waals surface area contributed by atoms with E-state index in [1.165, 1.54) is 49.6 Å². The lowest BCUT2D eigenvalue weighted by molar-refractivity contribution is -0.139. The Balaban J connectivity index is 1.83. The van der Waals surface area contributed by atoms with Gasteiger partial charge in [0, 0.05) is 10.9 Å². The number of benzene rings is 3. The summed E-state index contributed by atoms with van der Waals surface area (Å²) in [5.41, 5.74) is 0.474. The lowest BCUT2D eigenvalue weighted by Gasteiger charge is -2.12. The molecule has 3 aromatic rings. The number of aryl methyl sites for hydroxylation is 1. The Kier molecular flexibility index (Phi) is 6.56. The molecule has 3 rings (SSSR count). The van der Waals surface area contributed by atoms with Crippen LogP contribution >= 0.6 is 0 Å². The molecule has 0 unspecified atom stereocenters. The summed E-state index contributed by atoms with van der Waals surface area (Å²) in [4.78, 5) is 0. The average Bonchev–Trinajstić information content (AvgIpc) is 2.67. The molecule has 0 radical (unpaired) electrons. The van der Waals surface area contributed by atoms with Crippen LogP contribution in [0.25, 0.3) is 21.9 Å². The maximum Gasteiger partial charge on any atom is 0.419 e. The quantitative estimate of drug-likeness (QED) is 0.273. The molecule has 154 valence electrons. The summed E-state index contributed by atoms with van der Waals surface area (Å²) in [5, 5.41) is 0.167. The first-order chi connectivity index (χ1) is 13.8. The van der Waals surface area contributed by atoms with Gasteiger partial charge < -0.3 is 0 Å². The van der Waals surface area contributed by atoms with Gasteiger partial charge in [-0.1, -0.05) is 62.9 Å². The van der Waals surface area contributed by atoms with E-state index >= 15 is 0 Å². The fourth-order valence-electron chi connectivity index (χ4n) is 3.56. The highest BCUT2D eigenvalue weighted by atomic mass is 19.4. The van der Waals surface area contributed by atoms with Crippen LogP contribution in [0.3, 0.4) is 0 Å². The van der Waals surface area contributed by atoms with E-state index in [4.69, 9.17) is 0 Å². The molecule has 0 atom stereocenters. The molecular formula is C24H23F5. The second kappa shape index (κ2) is 8.93. The molecule has 0 spiro atoms. The number of unbranched alkanes of at least 4 members (excludes halogenated alkanes) is 4. The highest BCUT2D eigenvalue weighted by molar-refractivity contribution is 5.88. The number of alkyl halides is 3. The molecule has 0 aliphatic rings. The van der Waals surface area contributed by atoms with Crippen molar-refractivity contribution in [3.63, 3.8) is 0 Å². The van der Waals surface area contributed by atoms with E-state index in [2.05, 4.69) is 6.92 Å². The van der Waals surface area contributed by atoms with Crippen LogP contribution in [0.1, 0.15) is 50.2 Å². The second-order valence-electron chi connectivity index (χ2n) is 7.34. The molecule has 0 aromatic heterocycles. The topological polar surface area (TPSA) is 0 Å². The predicted molar refractivity (Wildman–Crippen MR) is 107 cm³/mol. The van der Waals surface area contributed by atoms with Gasteiger partial charge in [0.25, 0.3) is 0 Å². The number of hydrogen-bond donors (Lipinski definition) is 0. The van der Waals surface area contributed by atoms with Crippen LogP contribution in [0, 0.1) is 11.6 Å². The standard InChI is InChI=1S/C24H23F5/c1-2-3-4-5-6-7-16-8-11-19(22(25)14-16)17-9-12-20-18(15-17)10-13-21(23(20)26)24(27,28)29/h8-15H,2-7H2,1H3. The largest absolute Gasteiger partial charge is 0.419 e. The Morgan fingerprint density at radius 3 is 2.24 bits per heavy atom. The molecule has 0 nitrogen and oxygen atoms in total. The first-order valence-corrected chi connectivity index (χ1v) is 9.89. The predicted octanol–water partition coefficient (Wildman–Crippen LogP) is 8.32. The summed E-state index contributed by atoms with van der Waals surface area (Å²) in [5.74, 6) is -1.69. The highest BCUT2D eigenvalue weighted by Crippen LogP contribution is 2.36. The molecule has 0 aliphatic carbocycles. The Labute approximate surface area is 167 Å². The first kappa shape index (κ1) is 21.3. The van der Waals surface area contributed by atoms with Crippen LogP contribution in [-0.4, -0.2) is 0 Å². The van der Waals surface area contributed by atoms with Crippen molar-refractivity contribution in [1.29, 1.82) is 0 Å². The van der Waals surface area contributed by atoms with Gasteiger partial charge in [0.15, 0.2) is 0 Å². The van der Waals surface area contributed by atoms with Crippen molar-refractivity contribution >= 4 is 10.8 Å².